The smallest absolute Gasteiger partial charge is 0.186 e. The average molecular weight is 952 g/mol. The summed E-state index contributed by atoms with van der Waals surface area (Å²) in [6.07, 6.45) is 12.1. The molecule has 7 rings (SSSR count). The van der Waals surface area contributed by atoms with E-state index in [-0.39, 0.29) is 26.4 Å². The van der Waals surface area contributed by atoms with Crippen LogP contribution in [0, 0.1) is 0 Å². The van der Waals surface area contributed by atoms with Gasteiger partial charge in [0.1, 0.15) is 24.4 Å². The highest BCUT2D eigenvalue weighted by Gasteiger charge is 2.52. The molecule has 2 saturated heterocycles. The number of nitrogens with zero attached hydrogens (tertiary/aromatic N) is 3. The molecule has 11 heteroatoms. The van der Waals surface area contributed by atoms with Crippen LogP contribution in [0.25, 0.3) is 10.4 Å². The van der Waals surface area contributed by atoms with Crippen molar-refractivity contribution in [3.8, 4) is 0 Å². The fraction of sp³-hybridized carbons (Fsp3) is 0.458. The van der Waals surface area contributed by atoms with E-state index in [1.807, 2.05) is 152 Å². The topological polar surface area (TPSA) is 123 Å². The highest BCUT2D eigenvalue weighted by atomic mass is 16.8. The number of unbranched alkanes of at least 4 members (excludes halogenated alkanes) is 9. The van der Waals surface area contributed by atoms with Gasteiger partial charge in [-0.3, -0.25) is 0 Å². The van der Waals surface area contributed by atoms with Crippen LogP contribution in [-0.4, -0.2) is 62.2 Å². The van der Waals surface area contributed by atoms with Gasteiger partial charge in [-0.2, -0.15) is 0 Å². The van der Waals surface area contributed by atoms with E-state index in [2.05, 4.69) is 29.1 Å². The predicted octanol–water partition coefficient (Wildman–Crippen LogP) is 13.7. The van der Waals surface area contributed by atoms with Crippen LogP contribution < -0.4 is 0 Å². The van der Waals surface area contributed by atoms with Gasteiger partial charge in [0.15, 0.2) is 12.6 Å². The summed E-state index contributed by atoms with van der Waals surface area (Å²) < 4.78 is 54.1. The maximum Gasteiger partial charge on any atom is 0.186 e. The molecule has 9 atom stereocenters. The van der Waals surface area contributed by atoms with Crippen molar-refractivity contribution in [3.63, 3.8) is 0 Å². The Labute approximate surface area is 416 Å². The SMILES string of the molecule is CCCCCCCCCCC/C=C/C[C@@H](OCc1ccccc1)[C@@H](OCc1ccccc1)[C@H](CO[C@H]1O[C@@H]2CO[C@@H](c3ccccc3)O[C@@H]2[C@H](OCc2ccccc2)[C@H]1OCc1ccccc1)N=[N+]=[N-]. The van der Waals surface area contributed by atoms with E-state index < -0.39 is 55.2 Å². The molecule has 0 bridgehead atoms. The first kappa shape index (κ1) is 52.6. The van der Waals surface area contributed by atoms with E-state index in [9.17, 15) is 5.53 Å². The molecular formula is C59H73N3O8. The van der Waals surface area contributed by atoms with E-state index in [4.69, 9.17) is 37.9 Å². The van der Waals surface area contributed by atoms with Crippen LogP contribution in [0.1, 0.15) is 112 Å². The van der Waals surface area contributed by atoms with E-state index in [0.717, 1.165) is 40.7 Å². The van der Waals surface area contributed by atoms with Crippen molar-refractivity contribution in [3.05, 3.63) is 202 Å². The molecule has 2 aliphatic heterocycles. The lowest BCUT2D eigenvalue weighted by Crippen LogP contribution is -2.63. The Hall–Kier alpha value is -5.17. The highest BCUT2D eigenvalue weighted by molar-refractivity contribution is 5.19. The molecule has 0 unspecified atom stereocenters. The second kappa shape index (κ2) is 30.5. The maximum absolute atomic E-state index is 10.2. The van der Waals surface area contributed by atoms with Gasteiger partial charge >= 0.3 is 0 Å². The standard InChI is InChI=1S/C59H73N3O8/c1-2-3-4-5-6-7-8-9-10-11-12-28-39-52(63-40-46-29-18-13-19-30-46)54(64-41-47-31-20-14-21-32-47)51(61-62-60)44-67-59-57(66-43-49-35-24-16-25-36-49)56(65-42-48-33-22-15-23-34-48)55-53(69-59)45-68-58(70-55)50-37-26-17-27-38-50/h12-38,51-59H,2-11,39-45H2,1H3/b28-12+/t51-,52+,53+,54-,55-,56-,57+,58+,59-/m0/s1. The molecule has 0 saturated carbocycles. The number of rotatable bonds is 31. The van der Waals surface area contributed by atoms with Gasteiger partial charge in [-0.25, -0.2) is 0 Å². The number of hydrogen-bond acceptors (Lipinski definition) is 9. The molecule has 0 aromatic heterocycles. The van der Waals surface area contributed by atoms with Crippen LogP contribution in [0.2, 0.25) is 0 Å². The Balaban J connectivity index is 1.13. The summed E-state index contributed by atoms with van der Waals surface area (Å²) in [6.45, 7) is 3.61. The highest BCUT2D eigenvalue weighted by Crippen LogP contribution is 2.38. The van der Waals surface area contributed by atoms with Crippen molar-refractivity contribution in [2.24, 2.45) is 5.11 Å². The fourth-order valence-electron chi connectivity index (χ4n) is 9.04. The summed E-state index contributed by atoms with van der Waals surface area (Å²) in [7, 11) is 0. The van der Waals surface area contributed by atoms with E-state index in [1.54, 1.807) is 0 Å². The number of ether oxygens (including phenoxy) is 8. The molecule has 2 aliphatic rings. The maximum atomic E-state index is 10.2. The number of fused-ring (bicyclic) bond motifs is 1. The quantitative estimate of drug-likeness (QED) is 0.0141. The number of azide groups is 1. The van der Waals surface area contributed by atoms with E-state index >= 15 is 0 Å². The van der Waals surface area contributed by atoms with E-state index in [1.165, 1.54) is 51.4 Å². The third-order valence-electron chi connectivity index (χ3n) is 12.9. The monoisotopic (exact) mass is 952 g/mol. The fourth-order valence-corrected chi connectivity index (χ4v) is 9.04. The number of hydrogen-bond donors (Lipinski definition) is 0. The molecule has 5 aromatic carbocycles. The van der Waals surface area contributed by atoms with Crippen LogP contribution in [0.3, 0.4) is 0 Å². The first-order valence-corrected chi connectivity index (χ1v) is 25.6. The number of benzene rings is 5. The zero-order chi connectivity index (χ0) is 48.3. The molecule has 2 heterocycles. The van der Waals surface area contributed by atoms with Gasteiger partial charge in [0.2, 0.25) is 0 Å². The predicted molar refractivity (Wildman–Crippen MR) is 273 cm³/mol. The van der Waals surface area contributed by atoms with Gasteiger partial charge in [0.05, 0.1) is 57.9 Å². The minimum Gasteiger partial charge on any atom is -0.371 e. The van der Waals surface area contributed by atoms with Crippen molar-refractivity contribution >= 4 is 0 Å². The normalized spacial score (nSPS) is 21.4. The van der Waals surface area contributed by atoms with Crippen molar-refractivity contribution < 1.29 is 37.9 Å². The Morgan fingerprint density at radius 3 is 1.67 bits per heavy atom. The van der Waals surface area contributed by atoms with Gasteiger partial charge in [0.25, 0.3) is 0 Å². The van der Waals surface area contributed by atoms with Gasteiger partial charge in [-0.15, -0.1) is 0 Å². The first-order chi connectivity index (χ1) is 34.7. The summed E-state index contributed by atoms with van der Waals surface area (Å²) in [5.41, 5.74) is 15.1. The van der Waals surface area contributed by atoms with Crippen molar-refractivity contribution in [1.29, 1.82) is 0 Å². The van der Waals surface area contributed by atoms with E-state index in [0.29, 0.717) is 19.6 Å². The minimum atomic E-state index is -0.975. The average Bonchev–Trinajstić information content (AvgIpc) is 3.41. The summed E-state index contributed by atoms with van der Waals surface area (Å²) in [5.74, 6) is 0. The zero-order valence-corrected chi connectivity index (χ0v) is 40.9. The Kier molecular flexibility index (Phi) is 23.0. The van der Waals surface area contributed by atoms with Gasteiger partial charge in [-0.05, 0) is 47.0 Å². The van der Waals surface area contributed by atoms with Crippen molar-refractivity contribution in [1.82, 2.24) is 0 Å². The summed E-state index contributed by atoms with van der Waals surface area (Å²) >= 11 is 0. The lowest BCUT2D eigenvalue weighted by molar-refractivity contribution is -0.373. The lowest BCUT2D eigenvalue weighted by Gasteiger charge is -2.49. The van der Waals surface area contributed by atoms with Crippen LogP contribution in [0.4, 0.5) is 0 Å². The Morgan fingerprint density at radius 1 is 0.586 bits per heavy atom. The molecule has 11 nitrogen and oxygen atoms in total. The van der Waals surface area contributed by atoms with Crippen molar-refractivity contribution in [2.45, 2.75) is 159 Å². The molecule has 0 amide bonds. The van der Waals surface area contributed by atoms with Gasteiger partial charge < -0.3 is 37.9 Å². The van der Waals surface area contributed by atoms with Crippen LogP contribution in [0.15, 0.2) is 169 Å². The third kappa shape index (κ3) is 17.3. The molecule has 0 aliphatic carbocycles. The second-order valence-corrected chi connectivity index (χ2v) is 18.3. The molecular weight excluding hydrogens is 879 g/mol. The van der Waals surface area contributed by atoms with Gasteiger partial charge in [0, 0.05) is 10.5 Å². The summed E-state index contributed by atoms with van der Waals surface area (Å²) in [5, 5.41) is 4.39. The molecule has 0 N–H and O–H groups in total. The van der Waals surface area contributed by atoms with Crippen LogP contribution >= 0.6 is 0 Å². The summed E-state index contributed by atoms with van der Waals surface area (Å²) in [6, 6.07) is 49.2. The number of allylic oxidation sites excluding steroid dienone is 1. The molecule has 0 spiro atoms. The molecule has 0 radical (unpaired) electrons. The Bertz CT molecular complexity index is 2220. The zero-order valence-electron chi connectivity index (χ0n) is 40.9. The molecule has 5 aromatic rings. The molecule has 70 heavy (non-hydrogen) atoms. The lowest BCUT2D eigenvalue weighted by atomic mass is 9.96. The minimum absolute atomic E-state index is 0.0656. The van der Waals surface area contributed by atoms with Crippen molar-refractivity contribution in [2.75, 3.05) is 13.2 Å². The largest absolute Gasteiger partial charge is 0.371 e. The molecule has 372 valence electrons. The van der Waals surface area contributed by atoms with Crippen LogP contribution in [0.5, 0.6) is 0 Å². The van der Waals surface area contributed by atoms with Crippen LogP contribution in [-0.2, 0) is 64.3 Å². The second-order valence-electron chi connectivity index (χ2n) is 18.3. The summed E-state index contributed by atoms with van der Waals surface area (Å²) in [4.78, 5) is 3.37. The Morgan fingerprint density at radius 2 is 1.10 bits per heavy atom. The molecule has 2 fully saturated rings. The first-order valence-electron chi connectivity index (χ1n) is 25.6. The van der Waals surface area contributed by atoms with Gasteiger partial charge in [-0.1, -0.05) is 227 Å². The third-order valence-corrected chi connectivity index (χ3v) is 12.9.